The molecule has 0 saturated carbocycles. The second-order valence-electron chi connectivity index (χ2n) is 5.61. The highest BCUT2D eigenvalue weighted by molar-refractivity contribution is 7.92. The van der Waals surface area contributed by atoms with Crippen LogP contribution in [0.3, 0.4) is 0 Å². The van der Waals surface area contributed by atoms with Gasteiger partial charge in [-0.3, -0.25) is 4.31 Å². The number of nitrogens with zero attached hydrogens (tertiary/aromatic N) is 1. The number of hydrogen-bond acceptors (Lipinski definition) is 2. The lowest BCUT2D eigenvalue weighted by Gasteiger charge is -2.23. The molecule has 0 atom stereocenters. The van der Waals surface area contributed by atoms with Crippen LogP contribution in [0.1, 0.15) is 12.5 Å². The topological polar surface area (TPSA) is 37.4 Å². The monoisotopic (exact) mass is 359 g/mol. The van der Waals surface area contributed by atoms with Crippen LogP contribution in [0.4, 0.5) is 5.69 Å². The van der Waals surface area contributed by atoms with Crippen LogP contribution < -0.4 is 4.31 Å². The standard InChI is InChI=1S/C19H18ClNO2S/c1-3-21(17-10-8-14(2)19(20)13-17)24(22,23)18-11-9-15-6-4-5-7-16(15)12-18/h4-13H,3H2,1-2H3. The molecule has 0 aliphatic heterocycles. The van der Waals surface area contributed by atoms with Crippen molar-refractivity contribution in [1.82, 2.24) is 0 Å². The molecule has 0 unspecified atom stereocenters. The fourth-order valence-electron chi connectivity index (χ4n) is 2.68. The van der Waals surface area contributed by atoms with Gasteiger partial charge in [-0.2, -0.15) is 0 Å². The van der Waals surface area contributed by atoms with Crippen LogP contribution in [0.25, 0.3) is 10.8 Å². The zero-order chi connectivity index (χ0) is 17.3. The van der Waals surface area contributed by atoms with Gasteiger partial charge in [-0.1, -0.05) is 48.0 Å². The maximum atomic E-state index is 13.1. The molecule has 0 bridgehead atoms. The lowest BCUT2D eigenvalue weighted by atomic mass is 10.1. The second kappa shape index (κ2) is 6.46. The lowest BCUT2D eigenvalue weighted by Crippen LogP contribution is -2.30. The van der Waals surface area contributed by atoms with Gasteiger partial charge in [0.1, 0.15) is 0 Å². The molecule has 3 aromatic carbocycles. The van der Waals surface area contributed by atoms with Gasteiger partial charge in [0, 0.05) is 11.6 Å². The number of anilines is 1. The molecule has 0 radical (unpaired) electrons. The minimum atomic E-state index is -3.65. The molecule has 0 fully saturated rings. The van der Waals surface area contributed by atoms with Gasteiger partial charge in [-0.25, -0.2) is 8.42 Å². The molecule has 3 aromatic rings. The molecule has 5 heteroatoms. The number of rotatable bonds is 4. The largest absolute Gasteiger partial charge is 0.267 e. The Morgan fingerprint density at radius 3 is 2.33 bits per heavy atom. The lowest BCUT2D eigenvalue weighted by molar-refractivity contribution is 0.592. The maximum Gasteiger partial charge on any atom is 0.264 e. The summed E-state index contributed by atoms with van der Waals surface area (Å²) in [4.78, 5) is 0.278. The van der Waals surface area contributed by atoms with Crippen LogP contribution in [0.15, 0.2) is 65.6 Å². The number of sulfonamides is 1. The van der Waals surface area contributed by atoms with Crippen molar-refractivity contribution >= 4 is 38.1 Å². The van der Waals surface area contributed by atoms with E-state index in [1.807, 2.05) is 50.2 Å². The Bertz CT molecular complexity index is 999. The minimum absolute atomic E-state index is 0.278. The van der Waals surface area contributed by atoms with Crippen LogP contribution in [0.2, 0.25) is 5.02 Å². The molecule has 0 aliphatic rings. The van der Waals surface area contributed by atoms with Gasteiger partial charge in [-0.15, -0.1) is 0 Å². The van der Waals surface area contributed by atoms with Crippen molar-refractivity contribution in [3.63, 3.8) is 0 Å². The molecule has 3 rings (SSSR count). The Kier molecular flexibility index (Phi) is 4.52. The van der Waals surface area contributed by atoms with Crippen molar-refractivity contribution < 1.29 is 8.42 Å². The van der Waals surface area contributed by atoms with E-state index in [-0.39, 0.29) is 4.90 Å². The fourth-order valence-corrected chi connectivity index (χ4v) is 4.36. The summed E-state index contributed by atoms with van der Waals surface area (Å²) in [6, 6.07) is 18.2. The zero-order valence-corrected chi connectivity index (χ0v) is 15.1. The molecule has 0 aliphatic carbocycles. The van der Waals surface area contributed by atoms with Crippen molar-refractivity contribution in [2.45, 2.75) is 18.7 Å². The Hall–Kier alpha value is -2.04. The van der Waals surface area contributed by atoms with E-state index in [9.17, 15) is 8.42 Å². The van der Waals surface area contributed by atoms with Gasteiger partial charge in [0.15, 0.2) is 0 Å². The van der Waals surface area contributed by atoms with Crippen LogP contribution in [0.5, 0.6) is 0 Å². The van der Waals surface area contributed by atoms with Crippen molar-refractivity contribution in [2.24, 2.45) is 0 Å². The van der Waals surface area contributed by atoms with E-state index in [4.69, 9.17) is 11.6 Å². The smallest absolute Gasteiger partial charge is 0.264 e. The van der Waals surface area contributed by atoms with E-state index >= 15 is 0 Å². The summed E-state index contributed by atoms with van der Waals surface area (Å²) in [6.07, 6.45) is 0. The molecule has 0 saturated heterocycles. The summed E-state index contributed by atoms with van der Waals surface area (Å²) >= 11 is 6.17. The number of hydrogen-bond donors (Lipinski definition) is 0. The highest BCUT2D eigenvalue weighted by Crippen LogP contribution is 2.29. The van der Waals surface area contributed by atoms with Crippen LogP contribution in [0, 0.1) is 6.92 Å². The summed E-state index contributed by atoms with van der Waals surface area (Å²) in [7, 11) is -3.65. The molecule has 0 N–H and O–H groups in total. The van der Waals surface area contributed by atoms with E-state index in [2.05, 4.69) is 0 Å². The molecule has 124 valence electrons. The third-order valence-electron chi connectivity index (χ3n) is 4.04. The average Bonchev–Trinajstić information content (AvgIpc) is 2.58. The SMILES string of the molecule is CCN(c1ccc(C)c(Cl)c1)S(=O)(=O)c1ccc2ccccc2c1. The van der Waals surface area contributed by atoms with E-state index in [1.165, 1.54) is 4.31 Å². The van der Waals surface area contributed by atoms with Gasteiger partial charge < -0.3 is 0 Å². The summed E-state index contributed by atoms with van der Waals surface area (Å²) in [5, 5.41) is 2.47. The summed E-state index contributed by atoms with van der Waals surface area (Å²) < 4.78 is 27.6. The molecule has 24 heavy (non-hydrogen) atoms. The van der Waals surface area contributed by atoms with Crippen molar-refractivity contribution in [2.75, 3.05) is 10.8 Å². The molecular formula is C19H18ClNO2S. The Labute approximate surface area is 147 Å². The maximum absolute atomic E-state index is 13.1. The van der Waals surface area contributed by atoms with E-state index in [1.54, 1.807) is 24.3 Å². The Morgan fingerprint density at radius 1 is 0.958 bits per heavy atom. The van der Waals surface area contributed by atoms with Crippen molar-refractivity contribution in [3.05, 3.63) is 71.2 Å². The molecular weight excluding hydrogens is 342 g/mol. The summed E-state index contributed by atoms with van der Waals surface area (Å²) in [5.74, 6) is 0. The first-order chi connectivity index (χ1) is 11.4. The molecule has 0 amide bonds. The highest BCUT2D eigenvalue weighted by Gasteiger charge is 2.24. The summed E-state index contributed by atoms with van der Waals surface area (Å²) in [6.45, 7) is 4.03. The first-order valence-corrected chi connectivity index (χ1v) is 9.53. The van der Waals surface area contributed by atoms with Crippen LogP contribution >= 0.6 is 11.6 Å². The van der Waals surface area contributed by atoms with Crippen molar-refractivity contribution in [3.8, 4) is 0 Å². The van der Waals surface area contributed by atoms with Crippen LogP contribution in [-0.4, -0.2) is 15.0 Å². The third kappa shape index (κ3) is 2.99. The normalized spacial score (nSPS) is 11.6. The molecule has 0 spiro atoms. The van der Waals surface area contributed by atoms with Gasteiger partial charge >= 0.3 is 0 Å². The highest BCUT2D eigenvalue weighted by atomic mass is 35.5. The fraction of sp³-hybridized carbons (Fsp3) is 0.158. The molecule has 3 nitrogen and oxygen atoms in total. The Balaban J connectivity index is 2.10. The number of benzene rings is 3. The van der Waals surface area contributed by atoms with Gasteiger partial charge in [0.25, 0.3) is 10.0 Å². The van der Waals surface area contributed by atoms with E-state index in [0.29, 0.717) is 17.3 Å². The predicted octanol–water partition coefficient (Wildman–Crippen LogP) is 5.02. The van der Waals surface area contributed by atoms with Gasteiger partial charge in [-0.05, 0) is 54.4 Å². The first kappa shape index (κ1) is 16.8. The number of fused-ring (bicyclic) bond motifs is 1. The second-order valence-corrected chi connectivity index (χ2v) is 7.88. The van der Waals surface area contributed by atoms with Gasteiger partial charge in [0.05, 0.1) is 10.6 Å². The zero-order valence-electron chi connectivity index (χ0n) is 13.5. The van der Waals surface area contributed by atoms with E-state index in [0.717, 1.165) is 16.3 Å². The third-order valence-corrected chi connectivity index (χ3v) is 6.35. The predicted molar refractivity (Wildman–Crippen MR) is 100 cm³/mol. The Morgan fingerprint density at radius 2 is 1.67 bits per heavy atom. The van der Waals surface area contributed by atoms with E-state index < -0.39 is 10.0 Å². The van der Waals surface area contributed by atoms with Gasteiger partial charge in [0.2, 0.25) is 0 Å². The van der Waals surface area contributed by atoms with Crippen LogP contribution in [-0.2, 0) is 10.0 Å². The average molecular weight is 360 g/mol. The summed E-state index contributed by atoms with van der Waals surface area (Å²) in [5.41, 5.74) is 1.49. The molecule has 0 heterocycles. The van der Waals surface area contributed by atoms with Crippen molar-refractivity contribution in [1.29, 1.82) is 0 Å². The number of halogens is 1. The minimum Gasteiger partial charge on any atom is -0.267 e. The number of aryl methyl sites for hydroxylation is 1. The first-order valence-electron chi connectivity index (χ1n) is 7.71. The quantitative estimate of drug-likeness (QED) is 0.656. The molecule has 0 aromatic heterocycles.